The van der Waals surface area contributed by atoms with Gasteiger partial charge in [0.2, 0.25) is 0 Å². The first-order chi connectivity index (χ1) is 13.4. The van der Waals surface area contributed by atoms with E-state index >= 15 is 0 Å². The SMILES string of the molecule is CCOC(=O)C1CCCN(CC2C(=O)OC3CC4(C)CCCC(C)=C4CC32)C1. The minimum Gasteiger partial charge on any atom is -0.466 e. The third-order valence-electron chi connectivity index (χ3n) is 7.76. The van der Waals surface area contributed by atoms with Crippen molar-refractivity contribution in [3.63, 3.8) is 0 Å². The average molecular weight is 390 g/mol. The van der Waals surface area contributed by atoms with Crippen LogP contribution in [0.25, 0.3) is 0 Å². The highest BCUT2D eigenvalue weighted by molar-refractivity contribution is 5.76. The Bertz CT molecular complexity index is 672. The number of nitrogens with zero attached hydrogens (tertiary/aromatic N) is 1. The van der Waals surface area contributed by atoms with Gasteiger partial charge in [-0.25, -0.2) is 0 Å². The molecule has 28 heavy (non-hydrogen) atoms. The molecule has 3 fully saturated rings. The Morgan fingerprint density at radius 2 is 2.18 bits per heavy atom. The van der Waals surface area contributed by atoms with Gasteiger partial charge < -0.3 is 14.4 Å². The number of piperidine rings is 1. The van der Waals surface area contributed by atoms with Crippen LogP contribution in [-0.2, 0) is 19.1 Å². The summed E-state index contributed by atoms with van der Waals surface area (Å²) in [5.41, 5.74) is 3.37. The molecule has 5 unspecified atom stereocenters. The molecule has 0 amide bonds. The van der Waals surface area contributed by atoms with Crippen LogP contribution in [0.3, 0.4) is 0 Å². The van der Waals surface area contributed by atoms with E-state index in [1.807, 2.05) is 6.92 Å². The molecule has 0 bridgehead atoms. The molecule has 5 atom stereocenters. The summed E-state index contributed by atoms with van der Waals surface area (Å²) < 4.78 is 11.1. The molecule has 5 nitrogen and oxygen atoms in total. The van der Waals surface area contributed by atoms with Gasteiger partial charge in [0.15, 0.2) is 0 Å². The Kier molecular flexibility index (Phi) is 5.56. The highest BCUT2D eigenvalue weighted by Crippen LogP contribution is 2.55. The van der Waals surface area contributed by atoms with Crippen molar-refractivity contribution in [2.45, 2.75) is 71.8 Å². The highest BCUT2D eigenvalue weighted by atomic mass is 16.6. The van der Waals surface area contributed by atoms with E-state index in [9.17, 15) is 9.59 Å². The van der Waals surface area contributed by atoms with Crippen molar-refractivity contribution in [3.8, 4) is 0 Å². The molecule has 156 valence electrons. The van der Waals surface area contributed by atoms with Gasteiger partial charge in [-0.2, -0.15) is 0 Å². The number of rotatable bonds is 4. The molecule has 0 aromatic carbocycles. The van der Waals surface area contributed by atoms with Crippen LogP contribution >= 0.6 is 0 Å². The van der Waals surface area contributed by atoms with E-state index in [0.29, 0.717) is 19.1 Å². The first kappa shape index (κ1) is 19.9. The summed E-state index contributed by atoms with van der Waals surface area (Å²) in [6, 6.07) is 0. The molecule has 2 aliphatic heterocycles. The standard InChI is InChI=1S/C23H35NO4/c1-4-27-21(25)16-8-6-10-24(13-16)14-18-17-11-19-15(2)7-5-9-23(19,3)12-20(17)28-22(18)26/h16-18,20H,4-14H2,1-3H3. The first-order valence-corrected chi connectivity index (χ1v) is 11.2. The van der Waals surface area contributed by atoms with E-state index in [0.717, 1.165) is 38.8 Å². The van der Waals surface area contributed by atoms with Gasteiger partial charge in [-0.15, -0.1) is 0 Å². The van der Waals surface area contributed by atoms with Gasteiger partial charge >= 0.3 is 11.9 Å². The molecule has 0 N–H and O–H groups in total. The summed E-state index contributed by atoms with van der Waals surface area (Å²) >= 11 is 0. The van der Waals surface area contributed by atoms with E-state index in [1.165, 1.54) is 19.3 Å². The number of esters is 2. The topological polar surface area (TPSA) is 55.8 Å². The van der Waals surface area contributed by atoms with Gasteiger partial charge in [-0.1, -0.05) is 18.1 Å². The molecule has 0 spiro atoms. The molecule has 5 heteroatoms. The highest BCUT2D eigenvalue weighted by Gasteiger charge is 2.53. The Morgan fingerprint density at radius 1 is 1.36 bits per heavy atom. The van der Waals surface area contributed by atoms with Crippen LogP contribution in [-0.4, -0.2) is 49.2 Å². The Hall–Kier alpha value is -1.36. The maximum Gasteiger partial charge on any atom is 0.310 e. The lowest BCUT2D eigenvalue weighted by molar-refractivity contribution is -0.150. The molecule has 0 radical (unpaired) electrons. The largest absolute Gasteiger partial charge is 0.466 e. The van der Waals surface area contributed by atoms with E-state index in [-0.39, 0.29) is 35.3 Å². The number of fused-ring (bicyclic) bond motifs is 2. The molecule has 2 heterocycles. The van der Waals surface area contributed by atoms with Gasteiger partial charge in [0, 0.05) is 19.0 Å². The zero-order valence-corrected chi connectivity index (χ0v) is 17.7. The summed E-state index contributed by atoms with van der Waals surface area (Å²) in [6.45, 7) is 9.33. The summed E-state index contributed by atoms with van der Waals surface area (Å²) in [4.78, 5) is 27.2. The van der Waals surface area contributed by atoms with Gasteiger partial charge in [0.1, 0.15) is 6.10 Å². The molecule has 0 aromatic rings. The van der Waals surface area contributed by atoms with Crippen molar-refractivity contribution in [2.75, 3.05) is 26.2 Å². The van der Waals surface area contributed by atoms with E-state index in [2.05, 4.69) is 18.7 Å². The fourth-order valence-electron chi connectivity index (χ4n) is 6.27. The van der Waals surface area contributed by atoms with Crippen LogP contribution in [0.15, 0.2) is 11.1 Å². The van der Waals surface area contributed by atoms with E-state index < -0.39 is 0 Å². The summed E-state index contributed by atoms with van der Waals surface area (Å²) in [5.74, 6) is 0.0773. The van der Waals surface area contributed by atoms with Crippen molar-refractivity contribution in [3.05, 3.63) is 11.1 Å². The molecule has 4 aliphatic rings. The lowest BCUT2D eigenvalue weighted by Crippen LogP contribution is -2.45. The molecule has 2 saturated heterocycles. The summed E-state index contributed by atoms with van der Waals surface area (Å²) in [7, 11) is 0. The van der Waals surface area contributed by atoms with E-state index in [4.69, 9.17) is 9.47 Å². The van der Waals surface area contributed by atoms with Crippen LogP contribution in [0.5, 0.6) is 0 Å². The second-order valence-electron chi connectivity index (χ2n) is 9.68. The van der Waals surface area contributed by atoms with E-state index in [1.54, 1.807) is 11.1 Å². The number of hydrogen-bond acceptors (Lipinski definition) is 5. The number of likely N-dealkylation sites (tertiary alicyclic amines) is 1. The minimum absolute atomic E-state index is 0.0197. The lowest BCUT2D eigenvalue weighted by Gasteiger charge is -2.46. The van der Waals surface area contributed by atoms with Gasteiger partial charge in [0.25, 0.3) is 0 Å². The number of allylic oxidation sites excluding steroid dienone is 2. The Labute approximate surface area is 168 Å². The first-order valence-electron chi connectivity index (χ1n) is 11.2. The molecular weight excluding hydrogens is 354 g/mol. The summed E-state index contributed by atoms with van der Waals surface area (Å²) in [6.07, 6.45) is 7.62. The zero-order valence-electron chi connectivity index (χ0n) is 17.7. The smallest absolute Gasteiger partial charge is 0.310 e. The summed E-state index contributed by atoms with van der Waals surface area (Å²) in [5, 5.41) is 0. The number of carbonyl (C=O) groups excluding carboxylic acids is 2. The second-order valence-corrected chi connectivity index (χ2v) is 9.68. The normalized spacial score (nSPS) is 38.6. The second kappa shape index (κ2) is 7.81. The number of ether oxygens (including phenoxy) is 2. The third kappa shape index (κ3) is 3.62. The maximum absolute atomic E-state index is 12.8. The number of hydrogen-bond donors (Lipinski definition) is 0. The Morgan fingerprint density at radius 3 is 2.96 bits per heavy atom. The van der Waals surface area contributed by atoms with Crippen molar-refractivity contribution in [1.29, 1.82) is 0 Å². The third-order valence-corrected chi connectivity index (χ3v) is 7.76. The molecule has 2 aliphatic carbocycles. The predicted octanol–water partition coefficient (Wildman–Crippen LogP) is 3.72. The van der Waals surface area contributed by atoms with Crippen LogP contribution in [0.1, 0.15) is 65.7 Å². The number of carbonyl (C=O) groups is 2. The van der Waals surface area contributed by atoms with Crippen molar-refractivity contribution >= 4 is 11.9 Å². The Balaban J connectivity index is 1.45. The fourth-order valence-corrected chi connectivity index (χ4v) is 6.27. The zero-order chi connectivity index (χ0) is 19.9. The molecule has 1 saturated carbocycles. The molecule has 0 aromatic heterocycles. The maximum atomic E-state index is 12.8. The van der Waals surface area contributed by atoms with Gasteiger partial charge in [-0.3, -0.25) is 9.59 Å². The average Bonchev–Trinajstić information content (AvgIpc) is 2.94. The van der Waals surface area contributed by atoms with Crippen LogP contribution in [0, 0.1) is 23.2 Å². The monoisotopic (exact) mass is 389 g/mol. The van der Waals surface area contributed by atoms with Gasteiger partial charge in [0.05, 0.1) is 18.4 Å². The molecular formula is C23H35NO4. The van der Waals surface area contributed by atoms with Crippen LogP contribution < -0.4 is 0 Å². The van der Waals surface area contributed by atoms with Crippen LogP contribution in [0.4, 0.5) is 0 Å². The van der Waals surface area contributed by atoms with Crippen molar-refractivity contribution in [2.24, 2.45) is 23.2 Å². The predicted molar refractivity (Wildman–Crippen MR) is 107 cm³/mol. The minimum atomic E-state index is -0.0875. The van der Waals surface area contributed by atoms with Crippen molar-refractivity contribution in [1.82, 2.24) is 4.90 Å². The quantitative estimate of drug-likeness (QED) is 0.542. The van der Waals surface area contributed by atoms with Crippen molar-refractivity contribution < 1.29 is 19.1 Å². The lowest BCUT2D eigenvalue weighted by atomic mass is 9.59. The molecule has 4 rings (SSSR count). The van der Waals surface area contributed by atoms with Gasteiger partial charge in [-0.05, 0) is 70.8 Å². The van der Waals surface area contributed by atoms with Crippen LogP contribution in [0.2, 0.25) is 0 Å². The fraction of sp³-hybridized carbons (Fsp3) is 0.826.